The van der Waals surface area contributed by atoms with Crippen LogP contribution in [0.3, 0.4) is 0 Å². The summed E-state index contributed by atoms with van der Waals surface area (Å²) in [6, 6.07) is 12.1. The molecule has 34 heavy (non-hydrogen) atoms. The van der Waals surface area contributed by atoms with E-state index in [0.717, 1.165) is 28.6 Å². The molecule has 1 unspecified atom stereocenters. The van der Waals surface area contributed by atoms with Gasteiger partial charge < -0.3 is 24.3 Å². The number of anilines is 1. The number of aromatic nitrogens is 1. The highest BCUT2D eigenvalue weighted by atomic mass is 35.5. The fraction of sp³-hybridized carbons (Fsp3) is 0.444. The van der Waals surface area contributed by atoms with Crippen LogP contribution in [-0.4, -0.2) is 49.1 Å². The van der Waals surface area contributed by atoms with Crippen LogP contribution in [0.1, 0.15) is 32.8 Å². The summed E-state index contributed by atoms with van der Waals surface area (Å²) >= 11 is 6.51. The van der Waals surface area contributed by atoms with Crippen molar-refractivity contribution in [1.29, 1.82) is 0 Å². The lowest BCUT2D eigenvalue weighted by Crippen LogP contribution is -2.41. The molecular formula is C27H34ClN3O3. The molecule has 0 fully saturated rings. The number of rotatable bonds is 8. The Kier molecular flexibility index (Phi) is 7.57. The summed E-state index contributed by atoms with van der Waals surface area (Å²) in [4.78, 5) is 21.0. The predicted molar refractivity (Wildman–Crippen MR) is 138 cm³/mol. The van der Waals surface area contributed by atoms with Gasteiger partial charge in [0.1, 0.15) is 0 Å². The Labute approximate surface area is 206 Å². The van der Waals surface area contributed by atoms with Crippen molar-refractivity contribution < 1.29 is 14.3 Å². The third kappa shape index (κ3) is 5.44. The molecule has 0 saturated heterocycles. The molecule has 1 aliphatic rings. The summed E-state index contributed by atoms with van der Waals surface area (Å²) in [7, 11) is 2.04. The lowest BCUT2D eigenvalue weighted by Gasteiger charge is -2.30. The minimum atomic E-state index is -0.176. The maximum Gasteiger partial charge on any atom is 0.227 e. The number of carbonyl (C=O) groups excluding carboxylic acids is 1. The van der Waals surface area contributed by atoms with Gasteiger partial charge in [0.25, 0.3) is 0 Å². The molecule has 0 bridgehead atoms. The zero-order valence-electron chi connectivity index (χ0n) is 20.4. The van der Waals surface area contributed by atoms with Gasteiger partial charge in [0.05, 0.1) is 35.4 Å². The van der Waals surface area contributed by atoms with Crippen LogP contribution in [0, 0.1) is 11.8 Å². The molecular weight excluding hydrogens is 450 g/mol. The quantitative estimate of drug-likeness (QED) is 0.444. The first-order valence-corrected chi connectivity index (χ1v) is 12.3. The molecule has 0 radical (unpaired) electrons. The van der Waals surface area contributed by atoms with Gasteiger partial charge in [-0.05, 0) is 35.7 Å². The predicted octanol–water partition coefficient (Wildman–Crippen LogP) is 5.74. The molecule has 2 heterocycles. The molecule has 0 spiro atoms. The van der Waals surface area contributed by atoms with E-state index >= 15 is 0 Å². The number of benzene rings is 2. The van der Waals surface area contributed by atoms with Gasteiger partial charge in [-0.3, -0.25) is 4.79 Å². The van der Waals surface area contributed by atoms with Crippen molar-refractivity contribution in [1.82, 2.24) is 9.88 Å². The van der Waals surface area contributed by atoms with Gasteiger partial charge in [-0.25, -0.2) is 0 Å². The van der Waals surface area contributed by atoms with E-state index in [2.05, 4.69) is 41.9 Å². The van der Waals surface area contributed by atoms with Crippen LogP contribution < -0.4 is 14.4 Å². The SMILES string of the molecule is CC(C)CN(Cc1cc(Cl)c2c(c1)OCCCO2)C(=O)C(C)CN(C)c1cccc2cc[nH]c12. The largest absolute Gasteiger partial charge is 0.489 e. The molecule has 182 valence electrons. The van der Waals surface area contributed by atoms with Crippen molar-refractivity contribution in [2.45, 2.75) is 33.7 Å². The average molecular weight is 484 g/mol. The van der Waals surface area contributed by atoms with Crippen molar-refractivity contribution >= 4 is 34.1 Å². The second-order valence-electron chi connectivity index (χ2n) is 9.57. The zero-order chi connectivity index (χ0) is 24.2. The highest BCUT2D eigenvalue weighted by Gasteiger charge is 2.25. The number of hydrogen-bond acceptors (Lipinski definition) is 4. The monoisotopic (exact) mass is 483 g/mol. The van der Waals surface area contributed by atoms with Crippen LogP contribution in [0.4, 0.5) is 5.69 Å². The molecule has 1 atom stereocenters. The number of aromatic amines is 1. The summed E-state index contributed by atoms with van der Waals surface area (Å²) in [6.45, 7) is 9.21. The summed E-state index contributed by atoms with van der Waals surface area (Å²) in [5.74, 6) is 1.55. The number of fused-ring (bicyclic) bond motifs is 2. The Morgan fingerprint density at radius 1 is 1.12 bits per heavy atom. The zero-order valence-corrected chi connectivity index (χ0v) is 21.2. The standard InChI is InChI=1S/C27H34ClN3O3/c1-18(2)15-31(17-20-13-22(28)26-24(14-20)33-11-6-12-34-26)27(32)19(3)16-30(4)23-8-5-7-21-9-10-29-25(21)23/h5,7-10,13-14,18-19,29H,6,11-12,15-17H2,1-4H3. The molecule has 3 aromatic rings. The van der Waals surface area contributed by atoms with E-state index in [1.54, 1.807) is 0 Å². The molecule has 7 heteroatoms. The summed E-state index contributed by atoms with van der Waals surface area (Å²) in [5.41, 5.74) is 3.12. The van der Waals surface area contributed by atoms with Gasteiger partial charge >= 0.3 is 0 Å². The van der Waals surface area contributed by atoms with Crippen LogP contribution >= 0.6 is 11.6 Å². The minimum Gasteiger partial charge on any atom is -0.489 e. The first kappa shape index (κ1) is 24.3. The highest BCUT2D eigenvalue weighted by molar-refractivity contribution is 6.32. The van der Waals surface area contributed by atoms with E-state index in [1.807, 2.05) is 43.3 Å². The molecule has 1 aromatic heterocycles. The van der Waals surface area contributed by atoms with Crippen molar-refractivity contribution in [2.24, 2.45) is 11.8 Å². The minimum absolute atomic E-state index is 0.127. The topological polar surface area (TPSA) is 57.8 Å². The number of H-pyrrole nitrogens is 1. The molecule has 6 nitrogen and oxygen atoms in total. The number of para-hydroxylation sites is 1. The Balaban J connectivity index is 1.50. The third-order valence-electron chi connectivity index (χ3n) is 6.08. The number of halogens is 1. The molecule has 1 N–H and O–H groups in total. The van der Waals surface area contributed by atoms with E-state index in [1.165, 1.54) is 0 Å². The van der Waals surface area contributed by atoms with E-state index in [4.69, 9.17) is 21.1 Å². The highest BCUT2D eigenvalue weighted by Crippen LogP contribution is 2.38. The van der Waals surface area contributed by atoms with Crippen LogP contribution in [0.2, 0.25) is 5.02 Å². The normalized spacial score (nSPS) is 14.2. The Bertz CT molecular complexity index is 1140. The Morgan fingerprint density at radius 2 is 1.91 bits per heavy atom. The third-order valence-corrected chi connectivity index (χ3v) is 6.36. The lowest BCUT2D eigenvalue weighted by atomic mass is 10.1. The molecule has 1 amide bonds. The van der Waals surface area contributed by atoms with Gasteiger partial charge in [0.15, 0.2) is 11.5 Å². The second kappa shape index (κ2) is 10.6. The molecule has 0 aliphatic carbocycles. The fourth-order valence-electron chi connectivity index (χ4n) is 4.55. The second-order valence-corrected chi connectivity index (χ2v) is 9.98. The van der Waals surface area contributed by atoms with Crippen LogP contribution in [0.15, 0.2) is 42.6 Å². The average Bonchev–Trinajstić information content (AvgIpc) is 3.15. The van der Waals surface area contributed by atoms with Crippen LogP contribution in [0.5, 0.6) is 11.5 Å². The lowest BCUT2D eigenvalue weighted by molar-refractivity contribution is -0.135. The number of carbonyl (C=O) groups is 1. The number of ether oxygens (including phenoxy) is 2. The summed E-state index contributed by atoms with van der Waals surface area (Å²) in [5, 5.41) is 1.69. The van der Waals surface area contributed by atoms with E-state index in [0.29, 0.717) is 55.3 Å². The maximum absolute atomic E-state index is 13.6. The first-order valence-electron chi connectivity index (χ1n) is 12.0. The van der Waals surface area contributed by atoms with Gasteiger partial charge in [-0.15, -0.1) is 0 Å². The van der Waals surface area contributed by atoms with E-state index in [-0.39, 0.29) is 11.8 Å². The van der Waals surface area contributed by atoms with Crippen molar-refractivity contribution in [3.05, 3.63) is 53.2 Å². The van der Waals surface area contributed by atoms with Gasteiger partial charge in [0, 0.05) is 44.7 Å². The van der Waals surface area contributed by atoms with Crippen LogP contribution in [0.25, 0.3) is 10.9 Å². The smallest absolute Gasteiger partial charge is 0.227 e. The fourth-order valence-corrected chi connectivity index (χ4v) is 4.84. The van der Waals surface area contributed by atoms with E-state index < -0.39 is 0 Å². The van der Waals surface area contributed by atoms with Crippen molar-refractivity contribution in [2.75, 3.05) is 38.3 Å². The van der Waals surface area contributed by atoms with Crippen molar-refractivity contribution in [3.8, 4) is 11.5 Å². The maximum atomic E-state index is 13.6. The Hall–Kier alpha value is -2.86. The molecule has 1 aliphatic heterocycles. The Morgan fingerprint density at radius 3 is 2.71 bits per heavy atom. The first-order chi connectivity index (χ1) is 16.3. The number of hydrogen-bond donors (Lipinski definition) is 1. The van der Waals surface area contributed by atoms with Gasteiger partial charge in [-0.2, -0.15) is 0 Å². The molecule has 2 aromatic carbocycles. The van der Waals surface area contributed by atoms with E-state index in [9.17, 15) is 4.79 Å². The van der Waals surface area contributed by atoms with Crippen molar-refractivity contribution in [3.63, 3.8) is 0 Å². The molecule has 4 rings (SSSR count). The van der Waals surface area contributed by atoms with Gasteiger partial charge in [-0.1, -0.05) is 44.5 Å². The number of nitrogens with one attached hydrogen (secondary N) is 1. The summed E-state index contributed by atoms with van der Waals surface area (Å²) < 4.78 is 11.6. The number of amides is 1. The van der Waals surface area contributed by atoms with Gasteiger partial charge in [0.2, 0.25) is 5.91 Å². The summed E-state index contributed by atoms with van der Waals surface area (Å²) in [6.07, 6.45) is 2.76. The number of nitrogens with zero attached hydrogens (tertiary/aromatic N) is 2. The van der Waals surface area contributed by atoms with Crippen LogP contribution in [-0.2, 0) is 11.3 Å². The molecule has 0 saturated carbocycles.